The van der Waals surface area contributed by atoms with E-state index in [0.29, 0.717) is 17.8 Å². The average molecular weight is 369 g/mol. The Kier molecular flexibility index (Phi) is 6.93. The Bertz CT molecular complexity index is 799. The highest BCUT2D eigenvalue weighted by Gasteiger charge is 2.07. The molecule has 3 amide bonds. The van der Waals surface area contributed by atoms with Crippen LogP contribution in [0.1, 0.15) is 36.2 Å². The molecule has 0 aliphatic heterocycles. The third-order valence-corrected chi connectivity index (χ3v) is 3.67. The summed E-state index contributed by atoms with van der Waals surface area (Å²) in [6.45, 7) is 4.23. The van der Waals surface area contributed by atoms with E-state index in [1.165, 1.54) is 12.1 Å². The number of carbonyl (C=O) groups is 3. The summed E-state index contributed by atoms with van der Waals surface area (Å²) >= 11 is 0. The number of carbonyl (C=O) groups excluding carboxylic acids is 2. The number of benzene rings is 2. The summed E-state index contributed by atoms with van der Waals surface area (Å²) in [6.07, 6.45) is 0.454. The highest BCUT2D eigenvalue weighted by atomic mass is 16.4. The zero-order valence-corrected chi connectivity index (χ0v) is 15.3. The van der Waals surface area contributed by atoms with Gasteiger partial charge in [-0.1, -0.05) is 26.0 Å². The quantitative estimate of drug-likeness (QED) is 0.597. The smallest absolute Gasteiger partial charge is 0.335 e. The third-order valence-electron chi connectivity index (χ3n) is 3.67. The van der Waals surface area contributed by atoms with Gasteiger partial charge in [0.2, 0.25) is 5.91 Å². The first-order valence-electron chi connectivity index (χ1n) is 8.60. The van der Waals surface area contributed by atoms with E-state index in [2.05, 4.69) is 16.0 Å². The average Bonchev–Trinajstić information content (AvgIpc) is 2.61. The first-order valence-corrected chi connectivity index (χ1v) is 8.60. The van der Waals surface area contributed by atoms with Gasteiger partial charge in [0, 0.05) is 24.3 Å². The Labute approximate surface area is 157 Å². The molecule has 0 unspecified atom stereocenters. The predicted octanol–water partition coefficient (Wildman–Crippen LogP) is 3.69. The van der Waals surface area contributed by atoms with Crippen LogP contribution in [-0.4, -0.2) is 23.0 Å². The molecule has 7 nitrogen and oxygen atoms in total. The molecule has 0 heterocycles. The normalized spacial score (nSPS) is 10.3. The Morgan fingerprint density at radius 3 is 1.96 bits per heavy atom. The van der Waals surface area contributed by atoms with Crippen LogP contribution in [0.15, 0.2) is 48.5 Å². The summed E-state index contributed by atoms with van der Waals surface area (Å²) in [5.74, 6) is -0.747. The minimum atomic E-state index is -0.990. The lowest BCUT2D eigenvalue weighted by molar-refractivity contribution is -0.116. The standard InChI is InChI=1S/C20H23N3O4/c1-13(2)11-18(24)22-16-7-9-17(10-8-16)23-20(27)21-12-14-3-5-15(6-4-14)19(25)26/h3-10,13H,11-12H2,1-2H3,(H,22,24)(H,25,26)(H2,21,23,27). The zero-order valence-electron chi connectivity index (χ0n) is 15.3. The molecule has 2 rings (SSSR count). The molecule has 27 heavy (non-hydrogen) atoms. The van der Waals surface area contributed by atoms with Crippen molar-refractivity contribution in [1.82, 2.24) is 5.32 Å². The van der Waals surface area contributed by atoms with Gasteiger partial charge in [-0.2, -0.15) is 0 Å². The maximum Gasteiger partial charge on any atom is 0.335 e. The lowest BCUT2D eigenvalue weighted by Gasteiger charge is -2.10. The number of hydrogen-bond acceptors (Lipinski definition) is 3. The fourth-order valence-electron chi connectivity index (χ4n) is 2.34. The fraction of sp³-hybridized carbons (Fsp3) is 0.250. The summed E-state index contributed by atoms with van der Waals surface area (Å²) in [7, 11) is 0. The van der Waals surface area contributed by atoms with E-state index in [0.717, 1.165) is 5.56 Å². The second kappa shape index (κ2) is 9.38. The number of urea groups is 1. The largest absolute Gasteiger partial charge is 0.478 e. The highest BCUT2D eigenvalue weighted by Crippen LogP contribution is 2.14. The van der Waals surface area contributed by atoms with E-state index in [-0.39, 0.29) is 30.0 Å². The minimum absolute atomic E-state index is 0.0441. The second-order valence-electron chi connectivity index (χ2n) is 6.53. The molecule has 2 aromatic carbocycles. The summed E-state index contributed by atoms with van der Waals surface area (Å²) in [4.78, 5) is 34.5. The van der Waals surface area contributed by atoms with Gasteiger partial charge in [0.25, 0.3) is 0 Å². The van der Waals surface area contributed by atoms with E-state index < -0.39 is 5.97 Å². The van der Waals surface area contributed by atoms with Gasteiger partial charge in [-0.3, -0.25) is 4.79 Å². The van der Waals surface area contributed by atoms with Crippen LogP contribution in [0, 0.1) is 5.92 Å². The van der Waals surface area contributed by atoms with Gasteiger partial charge in [0.1, 0.15) is 0 Å². The number of amides is 3. The van der Waals surface area contributed by atoms with Crippen LogP contribution < -0.4 is 16.0 Å². The van der Waals surface area contributed by atoms with E-state index in [4.69, 9.17) is 5.11 Å². The van der Waals surface area contributed by atoms with Crippen molar-refractivity contribution >= 4 is 29.3 Å². The van der Waals surface area contributed by atoms with Gasteiger partial charge in [0.15, 0.2) is 0 Å². The Hall–Kier alpha value is -3.35. The van der Waals surface area contributed by atoms with Crippen molar-refractivity contribution in [2.45, 2.75) is 26.8 Å². The lowest BCUT2D eigenvalue weighted by atomic mass is 10.1. The molecule has 7 heteroatoms. The second-order valence-corrected chi connectivity index (χ2v) is 6.53. The maximum absolute atomic E-state index is 12.0. The van der Waals surface area contributed by atoms with Crippen LogP contribution in [0.5, 0.6) is 0 Å². The number of nitrogens with one attached hydrogen (secondary N) is 3. The molecule has 2 aromatic rings. The number of aromatic carboxylic acids is 1. The van der Waals surface area contributed by atoms with Gasteiger partial charge in [-0.25, -0.2) is 9.59 Å². The minimum Gasteiger partial charge on any atom is -0.478 e. The number of rotatable bonds is 7. The molecule has 0 atom stereocenters. The van der Waals surface area contributed by atoms with Crippen molar-refractivity contribution in [3.63, 3.8) is 0 Å². The monoisotopic (exact) mass is 369 g/mol. The SMILES string of the molecule is CC(C)CC(=O)Nc1ccc(NC(=O)NCc2ccc(C(=O)O)cc2)cc1. The molecule has 0 aliphatic rings. The van der Waals surface area contributed by atoms with E-state index in [1.807, 2.05) is 13.8 Å². The van der Waals surface area contributed by atoms with Gasteiger partial charge in [-0.15, -0.1) is 0 Å². The molecule has 4 N–H and O–H groups in total. The summed E-state index contributed by atoms with van der Waals surface area (Å²) in [5.41, 5.74) is 2.25. The Morgan fingerprint density at radius 2 is 1.44 bits per heavy atom. The van der Waals surface area contributed by atoms with Crippen LogP contribution >= 0.6 is 0 Å². The summed E-state index contributed by atoms with van der Waals surface area (Å²) < 4.78 is 0. The maximum atomic E-state index is 12.0. The fourth-order valence-corrected chi connectivity index (χ4v) is 2.34. The van der Waals surface area contributed by atoms with Crippen molar-refractivity contribution < 1.29 is 19.5 Å². The molecule has 0 radical (unpaired) electrons. The van der Waals surface area contributed by atoms with Crippen molar-refractivity contribution in [1.29, 1.82) is 0 Å². The molecular formula is C20H23N3O4. The molecule has 0 saturated heterocycles. The van der Waals surface area contributed by atoms with E-state index >= 15 is 0 Å². The van der Waals surface area contributed by atoms with Crippen LogP contribution in [0.2, 0.25) is 0 Å². The van der Waals surface area contributed by atoms with Gasteiger partial charge in [0.05, 0.1) is 5.56 Å². The van der Waals surface area contributed by atoms with Crippen LogP contribution in [0.4, 0.5) is 16.2 Å². The Balaban J connectivity index is 1.81. The van der Waals surface area contributed by atoms with Crippen molar-refractivity contribution in [2.75, 3.05) is 10.6 Å². The zero-order chi connectivity index (χ0) is 19.8. The van der Waals surface area contributed by atoms with Crippen molar-refractivity contribution in [3.05, 3.63) is 59.7 Å². The van der Waals surface area contributed by atoms with Crippen LogP contribution in [-0.2, 0) is 11.3 Å². The molecule has 0 aliphatic carbocycles. The molecular weight excluding hydrogens is 346 g/mol. The Morgan fingerprint density at radius 1 is 0.889 bits per heavy atom. The summed E-state index contributed by atoms with van der Waals surface area (Å²) in [5, 5.41) is 17.1. The van der Waals surface area contributed by atoms with Crippen LogP contribution in [0.25, 0.3) is 0 Å². The number of carboxylic acids is 1. The lowest BCUT2D eigenvalue weighted by Crippen LogP contribution is -2.28. The first kappa shape index (κ1) is 20.0. The molecule has 0 bridgehead atoms. The molecule has 0 spiro atoms. The molecule has 0 aromatic heterocycles. The molecule has 0 saturated carbocycles. The number of anilines is 2. The highest BCUT2D eigenvalue weighted by molar-refractivity contribution is 5.92. The summed E-state index contributed by atoms with van der Waals surface area (Å²) in [6, 6.07) is 12.7. The van der Waals surface area contributed by atoms with Gasteiger partial charge < -0.3 is 21.1 Å². The number of hydrogen-bond donors (Lipinski definition) is 4. The van der Waals surface area contributed by atoms with E-state index in [9.17, 15) is 14.4 Å². The number of carboxylic acid groups (broad SMARTS) is 1. The topological polar surface area (TPSA) is 108 Å². The first-order chi connectivity index (χ1) is 12.8. The third kappa shape index (κ3) is 6.81. The van der Waals surface area contributed by atoms with Gasteiger partial charge >= 0.3 is 12.0 Å². The van der Waals surface area contributed by atoms with Crippen molar-refractivity contribution in [2.24, 2.45) is 5.92 Å². The molecule has 0 fully saturated rings. The van der Waals surface area contributed by atoms with Gasteiger partial charge in [-0.05, 0) is 47.9 Å². The predicted molar refractivity (Wildman–Crippen MR) is 104 cm³/mol. The molecule has 142 valence electrons. The van der Waals surface area contributed by atoms with Crippen molar-refractivity contribution in [3.8, 4) is 0 Å². The van der Waals surface area contributed by atoms with Crippen LogP contribution in [0.3, 0.4) is 0 Å². The van der Waals surface area contributed by atoms with E-state index in [1.54, 1.807) is 36.4 Å².